The summed E-state index contributed by atoms with van der Waals surface area (Å²) < 4.78 is 46.4. The Kier molecular flexibility index (Phi) is 5.92. The summed E-state index contributed by atoms with van der Waals surface area (Å²) in [4.78, 5) is 24.6. The standard InChI is InChI=1S/C23H21F3N2O3/c1-13-4-5-17(14(2)10-13)12-28-19(11-18(23(24,25)26)20(27)21(28)29)15-6-8-16(9-7-15)22(30)31-3/h4-11H,12,27H2,1-3H3. The average Bonchev–Trinajstić information content (AvgIpc) is 2.72. The fraction of sp³-hybridized carbons (Fsp3) is 0.217. The highest BCUT2D eigenvalue weighted by Gasteiger charge is 2.35. The van der Waals surface area contributed by atoms with E-state index in [1.807, 2.05) is 32.0 Å². The highest BCUT2D eigenvalue weighted by molar-refractivity contribution is 5.89. The smallest absolute Gasteiger partial charge is 0.418 e. The number of anilines is 1. The van der Waals surface area contributed by atoms with E-state index in [2.05, 4.69) is 4.74 Å². The molecule has 0 aliphatic heterocycles. The van der Waals surface area contributed by atoms with Crippen molar-refractivity contribution in [3.63, 3.8) is 0 Å². The average molecular weight is 430 g/mol. The molecule has 1 heterocycles. The lowest BCUT2D eigenvalue weighted by Gasteiger charge is -2.19. The van der Waals surface area contributed by atoms with Gasteiger partial charge < -0.3 is 15.0 Å². The summed E-state index contributed by atoms with van der Waals surface area (Å²) in [6.45, 7) is 3.83. The topological polar surface area (TPSA) is 74.3 Å². The number of aromatic nitrogens is 1. The van der Waals surface area contributed by atoms with Gasteiger partial charge in [-0.1, -0.05) is 35.9 Å². The molecule has 2 N–H and O–H groups in total. The van der Waals surface area contributed by atoms with Crippen LogP contribution in [0.3, 0.4) is 0 Å². The van der Waals surface area contributed by atoms with Crippen LogP contribution >= 0.6 is 0 Å². The second-order valence-electron chi connectivity index (χ2n) is 7.24. The molecule has 0 radical (unpaired) electrons. The molecule has 31 heavy (non-hydrogen) atoms. The van der Waals surface area contributed by atoms with E-state index in [1.54, 1.807) is 0 Å². The minimum absolute atomic E-state index is 0.0430. The molecule has 1 aromatic heterocycles. The van der Waals surface area contributed by atoms with Crippen LogP contribution in [-0.4, -0.2) is 17.6 Å². The number of esters is 1. The number of aryl methyl sites for hydroxylation is 2. The first-order valence-electron chi connectivity index (χ1n) is 9.38. The van der Waals surface area contributed by atoms with Gasteiger partial charge in [-0.05, 0) is 48.7 Å². The number of rotatable bonds is 4. The molecule has 2 aromatic carbocycles. The monoisotopic (exact) mass is 430 g/mol. The minimum Gasteiger partial charge on any atom is -0.465 e. The van der Waals surface area contributed by atoms with Gasteiger partial charge in [-0.3, -0.25) is 4.79 Å². The number of pyridine rings is 1. The Bertz CT molecular complexity index is 1200. The van der Waals surface area contributed by atoms with Gasteiger partial charge in [0.15, 0.2) is 0 Å². The van der Waals surface area contributed by atoms with Crippen molar-refractivity contribution in [2.24, 2.45) is 0 Å². The second-order valence-corrected chi connectivity index (χ2v) is 7.24. The summed E-state index contributed by atoms with van der Waals surface area (Å²) in [5, 5.41) is 0. The highest BCUT2D eigenvalue weighted by atomic mass is 19.4. The molecular formula is C23H21F3N2O3. The fourth-order valence-electron chi connectivity index (χ4n) is 3.38. The number of halogens is 3. The Morgan fingerprint density at radius 2 is 1.71 bits per heavy atom. The van der Waals surface area contributed by atoms with Crippen molar-refractivity contribution in [2.45, 2.75) is 26.6 Å². The van der Waals surface area contributed by atoms with Crippen LogP contribution in [0.5, 0.6) is 0 Å². The number of hydrogen-bond acceptors (Lipinski definition) is 4. The minimum atomic E-state index is -4.79. The summed E-state index contributed by atoms with van der Waals surface area (Å²) in [6, 6.07) is 12.3. The number of nitrogens with zero attached hydrogens (tertiary/aromatic N) is 1. The summed E-state index contributed by atoms with van der Waals surface area (Å²) in [7, 11) is 1.23. The van der Waals surface area contributed by atoms with Crippen molar-refractivity contribution in [3.8, 4) is 11.3 Å². The van der Waals surface area contributed by atoms with E-state index < -0.39 is 29.0 Å². The number of carbonyl (C=O) groups is 1. The summed E-state index contributed by atoms with van der Waals surface area (Å²) in [5.41, 5.74) is 5.94. The summed E-state index contributed by atoms with van der Waals surface area (Å²) >= 11 is 0. The quantitative estimate of drug-likeness (QED) is 0.616. The molecular weight excluding hydrogens is 409 g/mol. The first kappa shape index (κ1) is 22.1. The maximum Gasteiger partial charge on any atom is 0.418 e. The maximum absolute atomic E-state index is 13.5. The number of nitrogens with two attached hydrogens (primary N) is 1. The summed E-state index contributed by atoms with van der Waals surface area (Å²) in [5.74, 6) is -0.576. The molecule has 0 bridgehead atoms. The molecule has 0 spiro atoms. The van der Waals surface area contributed by atoms with E-state index in [1.165, 1.54) is 35.9 Å². The van der Waals surface area contributed by atoms with Gasteiger partial charge in [-0.2, -0.15) is 13.2 Å². The van der Waals surface area contributed by atoms with Crippen molar-refractivity contribution in [1.29, 1.82) is 0 Å². The van der Waals surface area contributed by atoms with Gasteiger partial charge >= 0.3 is 12.1 Å². The zero-order chi connectivity index (χ0) is 22.9. The van der Waals surface area contributed by atoms with Gasteiger partial charge in [0.2, 0.25) is 0 Å². The fourth-order valence-corrected chi connectivity index (χ4v) is 3.38. The molecule has 5 nitrogen and oxygen atoms in total. The number of methoxy groups -OCH3 is 1. The molecule has 3 aromatic rings. The number of alkyl halides is 3. The molecule has 3 rings (SSSR count). The van der Waals surface area contributed by atoms with E-state index >= 15 is 0 Å². The molecule has 162 valence electrons. The van der Waals surface area contributed by atoms with Crippen molar-refractivity contribution in [2.75, 3.05) is 12.8 Å². The number of hydrogen-bond donors (Lipinski definition) is 1. The third-order valence-corrected chi connectivity index (χ3v) is 5.07. The largest absolute Gasteiger partial charge is 0.465 e. The number of ether oxygens (including phenoxy) is 1. The van der Waals surface area contributed by atoms with Crippen LogP contribution in [-0.2, 0) is 17.5 Å². The Hall–Kier alpha value is -3.55. The lowest BCUT2D eigenvalue weighted by Crippen LogP contribution is -2.29. The predicted octanol–water partition coefficient (Wildman–Crippen LogP) is 4.57. The van der Waals surface area contributed by atoms with Crippen LogP contribution in [0.15, 0.2) is 53.3 Å². The molecule has 0 amide bonds. The Balaban J connectivity index is 2.22. The SMILES string of the molecule is COC(=O)c1ccc(-c2cc(C(F)(F)F)c(N)c(=O)n2Cc2ccc(C)cc2C)cc1. The third kappa shape index (κ3) is 4.47. The van der Waals surface area contributed by atoms with Crippen molar-refractivity contribution >= 4 is 11.7 Å². The lowest BCUT2D eigenvalue weighted by atomic mass is 10.0. The molecule has 0 fully saturated rings. The first-order chi connectivity index (χ1) is 14.5. The van der Waals surface area contributed by atoms with Gasteiger partial charge in [-0.25, -0.2) is 4.79 Å². The van der Waals surface area contributed by atoms with Crippen LogP contribution in [0.2, 0.25) is 0 Å². The van der Waals surface area contributed by atoms with Crippen molar-refractivity contribution < 1.29 is 22.7 Å². The van der Waals surface area contributed by atoms with Crippen LogP contribution in [0, 0.1) is 13.8 Å². The van der Waals surface area contributed by atoms with E-state index in [-0.39, 0.29) is 17.8 Å². The van der Waals surface area contributed by atoms with E-state index in [9.17, 15) is 22.8 Å². The first-order valence-corrected chi connectivity index (χ1v) is 9.38. The van der Waals surface area contributed by atoms with E-state index in [4.69, 9.17) is 5.73 Å². The number of nitrogen functional groups attached to an aromatic ring is 1. The van der Waals surface area contributed by atoms with Crippen LogP contribution in [0.25, 0.3) is 11.3 Å². The molecule has 0 saturated carbocycles. The zero-order valence-corrected chi connectivity index (χ0v) is 17.2. The molecule has 8 heteroatoms. The van der Waals surface area contributed by atoms with Gasteiger partial charge in [-0.15, -0.1) is 0 Å². The Morgan fingerprint density at radius 1 is 1.06 bits per heavy atom. The highest BCUT2D eigenvalue weighted by Crippen LogP contribution is 2.35. The van der Waals surface area contributed by atoms with Crippen LogP contribution in [0.1, 0.15) is 32.6 Å². The normalized spacial score (nSPS) is 11.4. The third-order valence-electron chi connectivity index (χ3n) is 5.07. The van der Waals surface area contributed by atoms with Crippen molar-refractivity contribution in [1.82, 2.24) is 4.57 Å². The van der Waals surface area contributed by atoms with Crippen molar-refractivity contribution in [3.05, 3.63) is 86.7 Å². The van der Waals surface area contributed by atoms with Gasteiger partial charge in [0.25, 0.3) is 5.56 Å². The predicted molar refractivity (Wildman–Crippen MR) is 112 cm³/mol. The van der Waals surface area contributed by atoms with Gasteiger partial charge in [0, 0.05) is 0 Å². The molecule has 0 aliphatic rings. The zero-order valence-electron chi connectivity index (χ0n) is 17.2. The summed E-state index contributed by atoms with van der Waals surface area (Å²) in [6.07, 6.45) is -4.79. The Morgan fingerprint density at radius 3 is 2.26 bits per heavy atom. The maximum atomic E-state index is 13.5. The second kappa shape index (κ2) is 8.29. The Labute approximate surface area is 176 Å². The lowest BCUT2D eigenvalue weighted by molar-refractivity contribution is -0.137. The van der Waals surface area contributed by atoms with Crippen LogP contribution in [0.4, 0.5) is 18.9 Å². The van der Waals surface area contributed by atoms with Gasteiger partial charge in [0.05, 0.1) is 30.5 Å². The van der Waals surface area contributed by atoms with E-state index in [0.717, 1.165) is 22.8 Å². The van der Waals surface area contributed by atoms with Gasteiger partial charge in [0.1, 0.15) is 5.69 Å². The van der Waals surface area contributed by atoms with E-state index in [0.29, 0.717) is 5.56 Å². The number of benzene rings is 2. The molecule has 0 saturated heterocycles. The molecule has 0 unspecified atom stereocenters. The van der Waals surface area contributed by atoms with Crippen LogP contribution < -0.4 is 11.3 Å². The number of carbonyl (C=O) groups excluding carboxylic acids is 1. The molecule has 0 aliphatic carbocycles. The molecule has 0 atom stereocenters.